The van der Waals surface area contributed by atoms with Gasteiger partial charge in [0.2, 0.25) is 0 Å². The highest BCUT2D eigenvalue weighted by Gasteiger charge is 2.31. The standard InChI is InChI=1S/C15H20Cl2N2O2/c1-15(2,3)21-14(20)19-7-6-18-9-13(19)10-4-5-11(16)12(17)8-10/h4-5,8,13,18H,6-7,9H2,1-3H3/t13-/m1/s1. The van der Waals surface area contributed by atoms with Crippen molar-refractivity contribution in [3.8, 4) is 0 Å². The number of hydrogen-bond donors (Lipinski definition) is 1. The predicted molar refractivity (Wildman–Crippen MR) is 85.0 cm³/mol. The van der Waals surface area contributed by atoms with Gasteiger partial charge in [-0.25, -0.2) is 4.79 Å². The molecule has 1 aromatic carbocycles. The molecule has 1 aromatic rings. The first-order chi connectivity index (χ1) is 9.78. The molecule has 1 N–H and O–H groups in total. The van der Waals surface area contributed by atoms with E-state index in [2.05, 4.69) is 5.32 Å². The van der Waals surface area contributed by atoms with Gasteiger partial charge in [-0.05, 0) is 38.5 Å². The van der Waals surface area contributed by atoms with E-state index in [0.29, 0.717) is 23.1 Å². The first kappa shape index (κ1) is 16.4. The van der Waals surface area contributed by atoms with Crippen LogP contribution in [0, 0.1) is 0 Å². The summed E-state index contributed by atoms with van der Waals surface area (Å²) in [5.41, 5.74) is 0.437. The second-order valence-electron chi connectivity index (χ2n) is 6.07. The van der Waals surface area contributed by atoms with Crippen molar-refractivity contribution in [3.63, 3.8) is 0 Å². The van der Waals surface area contributed by atoms with Crippen LogP contribution in [-0.2, 0) is 4.74 Å². The molecule has 1 atom stereocenters. The third-order valence-corrected chi connectivity index (χ3v) is 3.94. The Bertz CT molecular complexity index is 529. The number of hydrogen-bond acceptors (Lipinski definition) is 3. The number of amides is 1. The lowest BCUT2D eigenvalue weighted by Gasteiger charge is -2.37. The predicted octanol–water partition coefficient (Wildman–Crippen LogP) is 3.87. The normalized spacial score (nSPS) is 19.5. The van der Waals surface area contributed by atoms with Gasteiger partial charge in [0.05, 0.1) is 16.1 Å². The Morgan fingerprint density at radius 3 is 2.67 bits per heavy atom. The highest BCUT2D eigenvalue weighted by molar-refractivity contribution is 6.42. The van der Waals surface area contributed by atoms with E-state index in [1.807, 2.05) is 26.8 Å². The van der Waals surface area contributed by atoms with Gasteiger partial charge in [0, 0.05) is 19.6 Å². The van der Waals surface area contributed by atoms with Crippen molar-refractivity contribution in [3.05, 3.63) is 33.8 Å². The highest BCUT2D eigenvalue weighted by Crippen LogP contribution is 2.30. The molecule has 1 fully saturated rings. The molecule has 1 amide bonds. The number of nitrogens with zero attached hydrogens (tertiary/aromatic N) is 1. The van der Waals surface area contributed by atoms with Crippen LogP contribution in [0.25, 0.3) is 0 Å². The lowest BCUT2D eigenvalue weighted by atomic mass is 10.0. The second kappa shape index (κ2) is 6.42. The molecule has 0 unspecified atom stereocenters. The molecule has 1 saturated heterocycles. The van der Waals surface area contributed by atoms with Gasteiger partial charge in [0.25, 0.3) is 0 Å². The molecule has 0 aliphatic carbocycles. The Morgan fingerprint density at radius 1 is 1.33 bits per heavy atom. The summed E-state index contributed by atoms with van der Waals surface area (Å²) in [6.07, 6.45) is -0.305. The highest BCUT2D eigenvalue weighted by atomic mass is 35.5. The summed E-state index contributed by atoms with van der Waals surface area (Å²) < 4.78 is 5.48. The van der Waals surface area contributed by atoms with Crippen LogP contribution in [0.1, 0.15) is 32.4 Å². The third-order valence-electron chi connectivity index (χ3n) is 3.20. The number of benzene rings is 1. The third kappa shape index (κ3) is 4.25. The van der Waals surface area contributed by atoms with Crippen LogP contribution in [0.4, 0.5) is 4.79 Å². The molecule has 1 aliphatic rings. The van der Waals surface area contributed by atoms with E-state index >= 15 is 0 Å². The van der Waals surface area contributed by atoms with Gasteiger partial charge in [0.1, 0.15) is 5.60 Å². The van der Waals surface area contributed by atoms with Gasteiger partial charge in [-0.15, -0.1) is 0 Å². The zero-order chi connectivity index (χ0) is 15.6. The summed E-state index contributed by atoms with van der Waals surface area (Å²) in [5.74, 6) is 0. The van der Waals surface area contributed by atoms with E-state index in [4.69, 9.17) is 27.9 Å². The van der Waals surface area contributed by atoms with Crippen LogP contribution in [0.3, 0.4) is 0 Å². The molecule has 4 nitrogen and oxygen atoms in total. The lowest BCUT2D eigenvalue weighted by molar-refractivity contribution is 0.0118. The van der Waals surface area contributed by atoms with Crippen LogP contribution >= 0.6 is 23.2 Å². The van der Waals surface area contributed by atoms with Crippen LogP contribution < -0.4 is 5.32 Å². The van der Waals surface area contributed by atoms with Crippen molar-refractivity contribution in [2.75, 3.05) is 19.6 Å². The van der Waals surface area contributed by atoms with E-state index < -0.39 is 5.60 Å². The average Bonchev–Trinajstić information content (AvgIpc) is 2.40. The van der Waals surface area contributed by atoms with Gasteiger partial charge in [0.15, 0.2) is 0 Å². The van der Waals surface area contributed by atoms with E-state index in [9.17, 15) is 4.79 Å². The Labute approximate surface area is 135 Å². The molecule has 0 aromatic heterocycles. The summed E-state index contributed by atoms with van der Waals surface area (Å²) in [6.45, 7) is 7.60. The van der Waals surface area contributed by atoms with E-state index in [0.717, 1.165) is 12.1 Å². The SMILES string of the molecule is CC(C)(C)OC(=O)N1CCNC[C@@H]1c1ccc(Cl)c(Cl)c1. The van der Waals surface area contributed by atoms with Gasteiger partial charge < -0.3 is 10.1 Å². The van der Waals surface area contributed by atoms with Gasteiger partial charge in [-0.3, -0.25) is 4.90 Å². The van der Waals surface area contributed by atoms with E-state index in [1.165, 1.54) is 0 Å². The average molecular weight is 331 g/mol. The van der Waals surface area contributed by atoms with Crippen molar-refractivity contribution >= 4 is 29.3 Å². The minimum atomic E-state index is -0.510. The zero-order valence-electron chi connectivity index (χ0n) is 12.5. The Balaban J connectivity index is 2.22. The number of carbonyl (C=O) groups excluding carboxylic acids is 1. The first-order valence-electron chi connectivity index (χ1n) is 6.93. The number of piperazine rings is 1. The molecule has 0 radical (unpaired) electrons. The van der Waals surface area contributed by atoms with Crippen LogP contribution in [0.15, 0.2) is 18.2 Å². The Kier molecular flexibility index (Phi) is 5.02. The maximum atomic E-state index is 12.4. The molecule has 2 rings (SSSR count). The molecule has 6 heteroatoms. The van der Waals surface area contributed by atoms with Crippen LogP contribution in [-0.4, -0.2) is 36.2 Å². The fourth-order valence-electron chi connectivity index (χ4n) is 2.26. The molecule has 0 saturated carbocycles. The minimum Gasteiger partial charge on any atom is -0.444 e. The number of halogens is 2. The zero-order valence-corrected chi connectivity index (χ0v) is 14.0. The van der Waals surface area contributed by atoms with Crippen molar-refractivity contribution in [2.24, 2.45) is 0 Å². The molecular formula is C15H20Cl2N2O2. The molecule has 0 spiro atoms. The van der Waals surface area contributed by atoms with Gasteiger partial charge >= 0.3 is 6.09 Å². The quantitative estimate of drug-likeness (QED) is 0.849. The summed E-state index contributed by atoms with van der Waals surface area (Å²) in [5, 5.41) is 4.29. The first-order valence-corrected chi connectivity index (χ1v) is 7.69. The van der Waals surface area contributed by atoms with Crippen LogP contribution in [0.5, 0.6) is 0 Å². The smallest absolute Gasteiger partial charge is 0.410 e. The Hall–Kier alpha value is -0.970. The number of nitrogens with one attached hydrogen (secondary N) is 1. The molecule has 1 heterocycles. The van der Waals surface area contributed by atoms with Crippen molar-refractivity contribution < 1.29 is 9.53 Å². The number of ether oxygens (including phenoxy) is 1. The maximum absolute atomic E-state index is 12.4. The lowest BCUT2D eigenvalue weighted by Crippen LogP contribution is -2.50. The largest absolute Gasteiger partial charge is 0.444 e. The Morgan fingerprint density at radius 2 is 2.05 bits per heavy atom. The van der Waals surface area contributed by atoms with Crippen molar-refractivity contribution in [2.45, 2.75) is 32.4 Å². The second-order valence-corrected chi connectivity index (χ2v) is 6.88. The summed E-state index contributed by atoms with van der Waals surface area (Å²) in [4.78, 5) is 14.1. The van der Waals surface area contributed by atoms with Gasteiger partial charge in [-0.1, -0.05) is 29.3 Å². The van der Waals surface area contributed by atoms with Crippen LogP contribution in [0.2, 0.25) is 10.0 Å². The fraction of sp³-hybridized carbons (Fsp3) is 0.533. The summed E-state index contributed by atoms with van der Waals surface area (Å²) in [7, 11) is 0. The van der Waals surface area contributed by atoms with Crippen molar-refractivity contribution in [1.82, 2.24) is 10.2 Å². The van der Waals surface area contributed by atoms with E-state index in [1.54, 1.807) is 17.0 Å². The molecule has 0 bridgehead atoms. The minimum absolute atomic E-state index is 0.108. The monoisotopic (exact) mass is 330 g/mol. The molecule has 1 aliphatic heterocycles. The van der Waals surface area contributed by atoms with Gasteiger partial charge in [-0.2, -0.15) is 0 Å². The van der Waals surface area contributed by atoms with Crippen molar-refractivity contribution in [1.29, 1.82) is 0 Å². The topological polar surface area (TPSA) is 41.6 Å². The molecular weight excluding hydrogens is 311 g/mol. The number of carbonyl (C=O) groups is 1. The fourth-order valence-corrected chi connectivity index (χ4v) is 2.57. The summed E-state index contributed by atoms with van der Waals surface area (Å²) >= 11 is 12.0. The maximum Gasteiger partial charge on any atom is 0.410 e. The number of rotatable bonds is 1. The molecule has 116 valence electrons. The molecule has 21 heavy (non-hydrogen) atoms. The summed E-state index contributed by atoms with van der Waals surface area (Å²) in [6, 6.07) is 5.34. The van der Waals surface area contributed by atoms with E-state index in [-0.39, 0.29) is 12.1 Å².